The minimum atomic E-state index is -0.920. The van der Waals surface area contributed by atoms with Crippen molar-refractivity contribution in [2.75, 3.05) is 0 Å². The van der Waals surface area contributed by atoms with Crippen LogP contribution in [0.5, 0.6) is 0 Å². The molecule has 0 saturated heterocycles. The van der Waals surface area contributed by atoms with E-state index < -0.39 is 11.7 Å². The first kappa shape index (κ1) is 17.1. The molecule has 0 spiro atoms. The number of rotatable bonds is 1. The van der Waals surface area contributed by atoms with Crippen LogP contribution in [0.2, 0.25) is 0 Å². The smallest absolute Gasteiger partial charge is 0.0958 e. The Hall–Kier alpha value is -0.380. The van der Waals surface area contributed by atoms with Crippen molar-refractivity contribution < 1.29 is 15.3 Å². The Balaban J connectivity index is 1.68. The second kappa shape index (κ2) is 5.31. The van der Waals surface area contributed by atoms with Gasteiger partial charge in [-0.3, -0.25) is 0 Å². The molecular formula is C21H34O3. The van der Waals surface area contributed by atoms with Crippen molar-refractivity contribution in [3.63, 3.8) is 0 Å². The van der Waals surface area contributed by atoms with Crippen LogP contribution in [-0.2, 0) is 0 Å². The van der Waals surface area contributed by atoms with E-state index in [0.29, 0.717) is 17.8 Å². The van der Waals surface area contributed by atoms with Crippen LogP contribution in [0.4, 0.5) is 0 Å². The zero-order valence-corrected chi connectivity index (χ0v) is 15.5. The Labute approximate surface area is 146 Å². The van der Waals surface area contributed by atoms with Crippen LogP contribution in [-0.4, -0.2) is 33.1 Å². The van der Waals surface area contributed by atoms with Gasteiger partial charge in [0.2, 0.25) is 0 Å². The second-order valence-electron chi connectivity index (χ2n) is 9.75. The van der Waals surface area contributed by atoms with E-state index in [1.807, 2.05) is 0 Å². The molecule has 3 nitrogen and oxygen atoms in total. The average Bonchev–Trinajstić information content (AvgIpc) is 2.81. The van der Waals surface area contributed by atoms with Gasteiger partial charge in [0.05, 0.1) is 17.8 Å². The number of aliphatic hydroxyl groups excluding tert-OH is 2. The van der Waals surface area contributed by atoms with E-state index in [-0.39, 0.29) is 16.9 Å². The molecule has 3 fully saturated rings. The molecule has 0 radical (unpaired) electrons. The van der Waals surface area contributed by atoms with E-state index in [1.165, 1.54) is 5.57 Å². The molecule has 0 heterocycles. The third-order valence-corrected chi connectivity index (χ3v) is 8.98. The molecule has 24 heavy (non-hydrogen) atoms. The first-order chi connectivity index (χ1) is 11.2. The monoisotopic (exact) mass is 334 g/mol. The van der Waals surface area contributed by atoms with Gasteiger partial charge in [-0.25, -0.2) is 0 Å². The van der Waals surface area contributed by atoms with Crippen LogP contribution in [0.25, 0.3) is 0 Å². The quantitative estimate of drug-likeness (QED) is 0.644. The van der Waals surface area contributed by atoms with Gasteiger partial charge in [0.1, 0.15) is 0 Å². The Morgan fingerprint density at radius 2 is 1.79 bits per heavy atom. The minimum absolute atomic E-state index is 0.151. The molecule has 4 aliphatic carbocycles. The molecule has 0 aromatic heterocycles. The zero-order chi connectivity index (χ0) is 17.3. The van der Waals surface area contributed by atoms with Crippen LogP contribution in [0.1, 0.15) is 72.1 Å². The molecule has 0 aromatic carbocycles. The molecule has 0 unspecified atom stereocenters. The van der Waals surface area contributed by atoms with E-state index in [4.69, 9.17) is 0 Å². The molecule has 0 amide bonds. The van der Waals surface area contributed by atoms with E-state index in [2.05, 4.69) is 19.9 Å². The van der Waals surface area contributed by atoms with Gasteiger partial charge in [-0.05, 0) is 81.5 Å². The van der Waals surface area contributed by atoms with Crippen LogP contribution >= 0.6 is 0 Å². The molecule has 4 aliphatic rings. The largest absolute Gasteiger partial charge is 0.393 e. The zero-order valence-electron chi connectivity index (χ0n) is 15.5. The summed E-state index contributed by atoms with van der Waals surface area (Å²) < 4.78 is 0. The van der Waals surface area contributed by atoms with E-state index in [0.717, 1.165) is 51.4 Å². The molecule has 3 N–H and O–H groups in total. The molecular weight excluding hydrogens is 300 g/mol. The van der Waals surface area contributed by atoms with Gasteiger partial charge in [-0.2, -0.15) is 0 Å². The number of hydrogen-bond acceptors (Lipinski definition) is 3. The van der Waals surface area contributed by atoms with Gasteiger partial charge < -0.3 is 15.3 Å². The molecule has 0 bridgehead atoms. The van der Waals surface area contributed by atoms with Gasteiger partial charge in [-0.15, -0.1) is 0 Å². The number of hydrogen-bond donors (Lipinski definition) is 3. The highest BCUT2D eigenvalue weighted by Crippen LogP contribution is 2.67. The maximum Gasteiger partial charge on any atom is 0.0958 e. The Kier molecular flexibility index (Phi) is 3.77. The topological polar surface area (TPSA) is 60.7 Å². The molecule has 3 heteroatoms. The highest BCUT2D eigenvalue weighted by atomic mass is 16.3. The molecule has 8 atom stereocenters. The second-order valence-corrected chi connectivity index (χ2v) is 9.75. The average molecular weight is 335 g/mol. The standard InChI is InChI=1S/C21H34O3/c1-13(22)21(24)11-8-18-16-5-4-14-12-15(23)6-9-19(14,2)17(16)7-10-20(18,21)3/h4,13,15-18,22-24H,5-12H2,1-3H3/t13-,15-,16+,17+,18-,19+,20-,21+/m0/s1. The first-order valence-electron chi connectivity index (χ1n) is 10.0. The number of fused-ring (bicyclic) bond motifs is 5. The fourth-order valence-corrected chi connectivity index (χ4v) is 7.38. The van der Waals surface area contributed by atoms with Crippen LogP contribution < -0.4 is 0 Å². The van der Waals surface area contributed by atoms with Gasteiger partial charge in [-0.1, -0.05) is 25.5 Å². The van der Waals surface area contributed by atoms with Crippen LogP contribution in [0.3, 0.4) is 0 Å². The highest BCUT2D eigenvalue weighted by molar-refractivity contribution is 5.26. The SMILES string of the molecule is C[C@H](O)[C@]1(O)CC[C@H]2[C@@H]3CC=C4C[C@@H](O)CC[C@@]4(C)[C@@H]3CC[C@@]21C. The predicted octanol–water partition coefficient (Wildman–Crippen LogP) is 3.42. The van der Waals surface area contributed by atoms with E-state index >= 15 is 0 Å². The molecule has 0 aromatic rings. The van der Waals surface area contributed by atoms with Gasteiger partial charge in [0, 0.05) is 5.41 Å². The van der Waals surface area contributed by atoms with Crippen molar-refractivity contribution in [3.8, 4) is 0 Å². The summed E-state index contributed by atoms with van der Waals surface area (Å²) in [4.78, 5) is 0. The summed E-state index contributed by atoms with van der Waals surface area (Å²) in [5.41, 5.74) is 0.665. The predicted molar refractivity (Wildman–Crippen MR) is 94.3 cm³/mol. The lowest BCUT2D eigenvalue weighted by Gasteiger charge is -2.59. The van der Waals surface area contributed by atoms with Crippen molar-refractivity contribution in [1.29, 1.82) is 0 Å². The van der Waals surface area contributed by atoms with Crippen molar-refractivity contribution in [1.82, 2.24) is 0 Å². The number of allylic oxidation sites excluding steroid dienone is 1. The van der Waals surface area contributed by atoms with Gasteiger partial charge >= 0.3 is 0 Å². The molecule has 3 saturated carbocycles. The fraction of sp³-hybridized carbons (Fsp3) is 0.905. The lowest BCUT2D eigenvalue weighted by molar-refractivity contribution is -0.170. The van der Waals surface area contributed by atoms with Crippen LogP contribution in [0, 0.1) is 28.6 Å². The van der Waals surface area contributed by atoms with Crippen molar-refractivity contribution in [2.45, 2.75) is 89.9 Å². The summed E-state index contributed by atoms with van der Waals surface area (Å²) in [7, 11) is 0. The van der Waals surface area contributed by atoms with Gasteiger partial charge in [0.15, 0.2) is 0 Å². The Morgan fingerprint density at radius 1 is 1.08 bits per heavy atom. The fourth-order valence-electron chi connectivity index (χ4n) is 7.38. The summed E-state index contributed by atoms with van der Waals surface area (Å²) >= 11 is 0. The maximum absolute atomic E-state index is 11.2. The van der Waals surface area contributed by atoms with Crippen molar-refractivity contribution >= 4 is 0 Å². The summed E-state index contributed by atoms with van der Waals surface area (Å²) in [6.07, 6.45) is 9.56. The minimum Gasteiger partial charge on any atom is -0.393 e. The normalized spacial score (nSPS) is 55.2. The third-order valence-electron chi connectivity index (χ3n) is 8.98. The summed E-state index contributed by atoms with van der Waals surface area (Å²) in [6, 6.07) is 0. The summed E-state index contributed by atoms with van der Waals surface area (Å²) in [6.45, 7) is 6.43. The Bertz CT molecular complexity index is 555. The number of aliphatic hydroxyl groups is 3. The summed E-state index contributed by atoms with van der Waals surface area (Å²) in [5, 5.41) is 31.6. The van der Waals surface area contributed by atoms with Crippen LogP contribution in [0.15, 0.2) is 11.6 Å². The maximum atomic E-state index is 11.2. The summed E-state index contributed by atoms with van der Waals surface area (Å²) in [5.74, 6) is 1.82. The lowest BCUT2D eigenvalue weighted by Crippen LogP contribution is -2.58. The van der Waals surface area contributed by atoms with E-state index in [9.17, 15) is 15.3 Å². The molecule has 0 aliphatic heterocycles. The molecule has 4 rings (SSSR count). The third kappa shape index (κ3) is 2.01. The highest BCUT2D eigenvalue weighted by Gasteiger charge is 2.64. The van der Waals surface area contributed by atoms with Crippen molar-refractivity contribution in [2.24, 2.45) is 28.6 Å². The van der Waals surface area contributed by atoms with Crippen molar-refractivity contribution in [3.05, 3.63) is 11.6 Å². The lowest BCUT2D eigenvalue weighted by atomic mass is 9.46. The first-order valence-corrected chi connectivity index (χ1v) is 10.0. The molecule has 136 valence electrons. The van der Waals surface area contributed by atoms with E-state index in [1.54, 1.807) is 6.92 Å². The van der Waals surface area contributed by atoms with Gasteiger partial charge in [0.25, 0.3) is 0 Å². The Morgan fingerprint density at radius 3 is 2.50 bits per heavy atom.